The van der Waals surface area contributed by atoms with Crippen LogP contribution in [0.3, 0.4) is 0 Å². The molecule has 0 aliphatic carbocycles. The molecule has 4 nitrogen and oxygen atoms in total. The minimum atomic E-state index is -3.63. The van der Waals surface area contributed by atoms with Crippen LogP contribution in [0.1, 0.15) is 12.5 Å². The third-order valence-corrected chi connectivity index (χ3v) is 4.09. The summed E-state index contributed by atoms with van der Waals surface area (Å²) in [6.45, 7) is 4.70. The number of hydrogen-bond donors (Lipinski definition) is 0. The zero-order valence-corrected chi connectivity index (χ0v) is 10.7. The van der Waals surface area contributed by atoms with Gasteiger partial charge < -0.3 is 4.74 Å². The third-order valence-electron chi connectivity index (χ3n) is 2.79. The van der Waals surface area contributed by atoms with Gasteiger partial charge in [-0.05, 0) is 19.1 Å². The Morgan fingerprint density at radius 1 is 1.41 bits per heavy atom. The lowest BCUT2D eigenvalue weighted by molar-refractivity contribution is 0.228. The summed E-state index contributed by atoms with van der Waals surface area (Å²) in [6.07, 6.45) is 0.156. The maximum atomic E-state index is 11.8. The average molecular weight is 256 g/mol. The lowest BCUT2D eigenvalue weighted by Crippen LogP contribution is -2.16. The molecule has 0 radical (unpaired) electrons. The minimum Gasteiger partial charge on any atom is -0.373 e. The van der Waals surface area contributed by atoms with Crippen molar-refractivity contribution >= 4 is 10.1 Å². The van der Waals surface area contributed by atoms with Crippen LogP contribution in [0.25, 0.3) is 0 Å². The van der Waals surface area contributed by atoms with Crippen molar-refractivity contribution in [2.45, 2.75) is 24.8 Å². The molecule has 1 heterocycles. The lowest BCUT2D eigenvalue weighted by Gasteiger charge is -2.09. The van der Waals surface area contributed by atoms with E-state index in [4.69, 9.17) is 8.92 Å². The fourth-order valence-corrected chi connectivity index (χ4v) is 2.46. The topological polar surface area (TPSA) is 55.9 Å². The molecule has 94 valence electrons. The van der Waals surface area contributed by atoms with Crippen molar-refractivity contribution in [2.75, 3.05) is 13.2 Å². The van der Waals surface area contributed by atoms with E-state index in [0.29, 0.717) is 6.61 Å². The van der Waals surface area contributed by atoms with Crippen LogP contribution in [0.2, 0.25) is 0 Å². The van der Waals surface area contributed by atoms with Gasteiger partial charge in [0.1, 0.15) is 0 Å². The molecule has 1 fully saturated rings. The number of benzene rings is 1. The standard InChI is InChI=1S/C12H16O4S/c1-9-3-5-11(6-4-9)17(13,14)16-7-10(2)12-8-15-12/h3-6,10,12H,7-8H2,1-2H3/t10-,12+/m1/s1. The molecule has 1 saturated heterocycles. The van der Waals surface area contributed by atoms with E-state index in [2.05, 4.69) is 0 Å². The van der Waals surface area contributed by atoms with Gasteiger partial charge in [0.05, 0.1) is 24.2 Å². The van der Waals surface area contributed by atoms with Crippen molar-refractivity contribution in [1.29, 1.82) is 0 Å². The molecule has 5 heteroatoms. The zero-order valence-electron chi connectivity index (χ0n) is 9.92. The molecule has 2 rings (SSSR count). The summed E-state index contributed by atoms with van der Waals surface area (Å²) in [5, 5.41) is 0. The molecule has 0 aromatic heterocycles. The maximum absolute atomic E-state index is 11.8. The highest BCUT2D eigenvalue weighted by Crippen LogP contribution is 2.22. The van der Waals surface area contributed by atoms with Crippen LogP contribution in [0.5, 0.6) is 0 Å². The Bertz CT molecular complexity index is 474. The van der Waals surface area contributed by atoms with E-state index < -0.39 is 10.1 Å². The number of ether oxygens (including phenoxy) is 1. The van der Waals surface area contributed by atoms with Crippen molar-refractivity contribution in [3.8, 4) is 0 Å². The van der Waals surface area contributed by atoms with Gasteiger partial charge in [-0.3, -0.25) is 4.18 Å². The van der Waals surface area contributed by atoms with E-state index in [1.54, 1.807) is 24.3 Å². The summed E-state index contributed by atoms with van der Waals surface area (Å²) in [4.78, 5) is 0.201. The Kier molecular flexibility index (Phi) is 3.51. The van der Waals surface area contributed by atoms with Crippen molar-refractivity contribution in [2.24, 2.45) is 5.92 Å². The number of hydrogen-bond acceptors (Lipinski definition) is 4. The van der Waals surface area contributed by atoms with Gasteiger partial charge in [0.15, 0.2) is 0 Å². The summed E-state index contributed by atoms with van der Waals surface area (Å²) >= 11 is 0. The average Bonchev–Trinajstić information content (AvgIpc) is 3.10. The van der Waals surface area contributed by atoms with Crippen molar-refractivity contribution in [3.05, 3.63) is 29.8 Å². The second-order valence-corrected chi connectivity index (χ2v) is 6.02. The molecule has 1 aliphatic rings. The van der Waals surface area contributed by atoms with Crippen LogP contribution in [0.15, 0.2) is 29.2 Å². The van der Waals surface area contributed by atoms with Crippen LogP contribution >= 0.6 is 0 Å². The summed E-state index contributed by atoms with van der Waals surface area (Å²) in [6, 6.07) is 6.62. The SMILES string of the molecule is Cc1ccc(S(=O)(=O)OC[C@@H](C)[C@@H]2CO2)cc1. The second-order valence-electron chi connectivity index (χ2n) is 4.40. The Morgan fingerprint density at radius 2 is 2.00 bits per heavy atom. The van der Waals surface area contributed by atoms with Crippen LogP contribution in [0, 0.1) is 12.8 Å². The highest BCUT2D eigenvalue weighted by molar-refractivity contribution is 7.86. The molecule has 2 atom stereocenters. The number of rotatable bonds is 5. The molecular weight excluding hydrogens is 240 g/mol. The van der Waals surface area contributed by atoms with Crippen LogP contribution in [-0.2, 0) is 19.0 Å². The molecule has 1 aromatic carbocycles. The molecule has 0 unspecified atom stereocenters. The second kappa shape index (κ2) is 4.76. The Balaban J connectivity index is 2.00. The molecule has 0 amide bonds. The van der Waals surface area contributed by atoms with Crippen LogP contribution < -0.4 is 0 Å². The highest BCUT2D eigenvalue weighted by atomic mass is 32.2. The van der Waals surface area contributed by atoms with Gasteiger partial charge in [-0.25, -0.2) is 0 Å². The van der Waals surface area contributed by atoms with E-state index in [1.807, 2.05) is 13.8 Å². The molecule has 17 heavy (non-hydrogen) atoms. The highest BCUT2D eigenvalue weighted by Gasteiger charge is 2.30. The minimum absolute atomic E-state index is 0.107. The van der Waals surface area contributed by atoms with E-state index in [0.717, 1.165) is 5.56 Å². The van der Waals surface area contributed by atoms with Gasteiger partial charge >= 0.3 is 0 Å². The smallest absolute Gasteiger partial charge is 0.296 e. The first kappa shape index (κ1) is 12.5. The first-order valence-corrected chi connectivity index (χ1v) is 6.97. The van der Waals surface area contributed by atoms with Crippen LogP contribution in [0.4, 0.5) is 0 Å². The van der Waals surface area contributed by atoms with Gasteiger partial charge in [-0.2, -0.15) is 8.42 Å². The van der Waals surface area contributed by atoms with Gasteiger partial charge in [-0.1, -0.05) is 24.6 Å². The Morgan fingerprint density at radius 3 is 2.53 bits per heavy atom. The number of epoxide rings is 1. The third kappa shape index (κ3) is 3.28. The summed E-state index contributed by atoms with van der Waals surface area (Å²) in [5.74, 6) is 0.107. The molecular formula is C12H16O4S. The van der Waals surface area contributed by atoms with E-state index in [-0.39, 0.29) is 23.5 Å². The summed E-state index contributed by atoms with van der Waals surface area (Å²) in [5.41, 5.74) is 1.02. The maximum Gasteiger partial charge on any atom is 0.296 e. The van der Waals surface area contributed by atoms with Gasteiger partial charge in [0.25, 0.3) is 10.1 Å². The predicted molar refractivity (Wildman–Crippen MR) is 63.2 cm³/mol. The largest absolute Gasteiger partial charge is 0.373 e. The van der Waals surface area contributed by atoms with Crippen molar-refractivity contribution in [1.82, 2.24) is 0 Å². The molecule has 0 bridgehead atoms. The van der Waals surface area contributed by atoms with E-state index in [1.165, 1.54) is 0 Å². The summed E-state index contributed by atoms with van der Waals surface area (Å²) < 4.78 is 33.7. The van der Waals surface area contributed by atoms with Crippen molar-refractivity contribution in [3.63, 3.8) is 0 Å². The quantitative estimate of drug-likeness (QED) is 0.594. The van der Waals surface area contributed by atoms with Gasteiger partial charge in [-0.15, -0.1) is 0 Å². The molecule has 0 saturated carbocycles. The Labute approximate surface area is 102 Å². The Hall–Kier alpha value is -0.910. The normalized spacial score (nSPS) is 21.2. The molecule has 0 spiro atoms. The van der Waals surface area contributed by atoms with E-state index >= 15 is 0 Å². The van der Waals surface area contributed by atoms with Crippen LogP contribution in [-0.4, -0.2) is 27.7 Å². The first-order valence-electron chi connectivity index (χ1n) is 5.57. The molecule has 0 N–H and O–H groups in total. The first-order chi connectivity index (χ1) is 7.99. The van der Waals surface area contributed by atoms with Gasteiger partial charge in [0.2, 0.25) is 0 Å². The monoisotopic (exact) mass is 256 g/mol. The lowest BCUT2D eigenvalue weighted by atomic mass is 10.1. The summed E-state index contributed by atoms with van der Waals surface area (Å²) in [7, 11) is -3.63. The molecule has 1 aliphatic heterocycles. The van der Waals surface area contributed by atoms with Crippen molar-refractivity contribution < 1.29 is 17.3 Å². The molecule has 1 aromatic rings. The van der Waals surface area contributed by atoms with Gasteiger partial charge in [0, 0.05) is 5.92 Å². The fourth-order valence-electron chi connectivity index (χ4n) is 1.46. The predicted octanol–water partition coefficient (Wildman–Crippen LogP) is 1.74. The number of aryl methyl sites for hydroxylation is 1. The zero-order chi connectivity index (χ0) is 12.5. The fraction of sp³-hybridized carbons (Fsp3) is 0.500. The van der Waals surface area contributed by atoms with E-state index in [9.17, 15) is 8.42 Å².